The smallest absolute Gasteiger partial charge is 0.354 e. The number of fused-ring (bicyclic) bond motifs is 1. The monoisotopic (exact) mass is 207 g/mol. The van der Waals surface area contributed by atoms with E-state index >= 15 is 0 Å². The highest BCUT2D eigenvalue weighted by molar-refractivity contribution is 5.87. The van der Waals surface area contributed by atoms with Crippen LogP contribution in [0.4, 0.5) is 0 Å². The topological polar surface area (TPSA) is 67.1 Å². The van der Waals surface area contributed by atoms with Crippen molar-refractivity contribution in [2.75, 3.05) is 6.54 Å². The minimum absolute atomic E-state index is 0.397. The molecular formula is C10H13N3O2. The summed E-state index contributed by atoms with van der Waals surface area (Å²) >= 11 is 0. The Kier molecular flexibility index (Phi) is 1.82. The van der Waals surface area contributed by atoms with Gasteiger partial charge in [0.1, 0.15) is 5.82 Å². The molecule has 1 aromatic heterocycles. The summed E-state index contributed by atoms with van der Waals surface area (Å²) in [6.07, 6.45) is 2.17. The van der Waals surface area contributed by atoms with Crippen LogP contribution >= 0.6 is 0 Å². The van der Waals surface area contributed by atoms with Crippen molar-refractivity contribution in [3.63, 3.8) is 0 Å². The van der Waals surface area contributed by atoms with Crippen LogP contribution in [0.3, 0.4) is 0 Å². The number of nitrogens with zero attached hydrogens (tertiary/aromatic N) is 2. The Morgan fingerprint density at radius 2 is 2.33 bits per heavy atom. The lowest BCUT2D eigenvalue weighted by molar-refractivity contribution is 0.0682. The molecule has 0 aromatic carbocycles. The third-order valence-corrected chi connectivity index (χ3v) is 3.04. The number of rotatable bonds is 2. The molecule has 0 spiro atoms. The Labute approximate surface area is 87.1 Å². The molecule has 0 saturated heterocycles. The number of imidazole rings is 1. The standard InChI is InChI=1S/C10H13N3O2/c14-10(15)9-8(6-1-2-6)12-7-5-11-3-4-13(7)9/h6,11H,1-5H2,(H,14,15). The average Bonchev–Trinajstić information content (AvgIpc) is 2.98. The van der Waals surface area contributed by atoms with Gasteiger partial charge in [-0.05, 0) is 12.8 Å². The van der Waals surface area contributed by atoms with Gasteiger partial charge in [0.2, 0.25) is 0 Å². The molecule has 2 heterocycles. The zero-order valence-electron chi connectivity index (χ0n) is 8.36. The Bertz CT molecular complexity index is 421. The first-order valence-electron chi connectivity index (χ1n) is 5.30. The second kappa shape index (κ2) is 3.06. The van der Waals surface area contributed by atoms with E-state index in [-0.39, 0.29) is 0 Å². The number of carbonyl (C=O) groups is 1. The molecule has 0 radical (unpaired) electrons. The zero-order chi connectivity index (χ0) is 10.4. The van der Waals surface area contributed by atoms with Crippen molar-refractivity contribution in [1.82, 2.24) is 14.9 Å². The Morgan fingerprint density at radius 3 is 3.00 bits per heavy atom. The van der Waals surface area contributed by atoms with Gasteiger partial charge >= 0.3 is 5.97 Å². The van der Waals surface area contributed by atoms with Crippen molar-refractivity contribution in [2.45, 2.75) is 31.8 Å². The summed E-state index contributed by atoms with van der Waals surface area (Å²) in [6, 6.07) is 0. The average molecular weight is 207 g/mol. The second-order valence-electron chi connectivity index (χ2n) is 4.17. The van der Waals surface area contributed by atoms with Gasteiger partial charge in [-0.25, -0.2) is 9.78 Å². The summed E-state index contributed by atoms with van der Waals surface area (Å²) < 4.78 is 1.85. The summed E-state index contributed by atoms with van der Waals surface area (Å²) in [5, 5.41) is 12.4. The molecular weight excluding hydrogens is 194 g/mol. The van der Waals surface area contributed by atoms with Crippen LogP contribution in [0.15, 0.2) is 0 Å². The summed E-state index contributed by atoms with van der Waals surface area (Å²) in [5.41, 5.74) is 1.23. The molecule has 1 aliphatic heterocycles. The van der Waals surface area contributed by atoms with Gasteiger partial charge in [-0.3, -0.25) is 0 Å². The van der Waals surface area contributed by atoms with E-state index in [4.69, 9.17) is 0 Å². The molecule has 5 nitrogen and oxygen atoms in total. The van der Waals surface area contributed by atoms with E-state index in [9.17, 15) is 9.90 Å². The highest BCUT2D eigenvalue weighted by Gasteiger charge is 2.34. The first kappa shape index (κ1) is 8.91. The van der Waals surface area contributed by atoms with Crippen molar-refractivity contribution in [2.24, 2.45) is 0 Å². The third-order valence-electron chi connectivity index (χ3n) is 3.04. The largest absolute Gasteiger partial charge is 0.477 e. The lowest BCUT2D eigenvalue weighted by atomic mass is 10.2. The van der Waals surface area contributed by atoms with Crippen LogP contribution in [0.5, 0.6) is 0 Å². The second-order valence-corrected chi connectivity index (χ2v) is 4.17. The fourth-order valence-electron chi connectivity index (χ4n) is 2.15. The van der Waals surface area contributed by atoms with Crippen molar-refractivity contribution < 1.29 is 9.90 Å². The maximum atomic E-state index is 11.2. The van der Waals surface area contributed by atoms with Crippen LogP contribution < -0.4 is 5.32 Å². The van der Waals surface area contributed by atoms with Gasteiger partial charge in [0.15, 0.2) is 5.69 Å². The molecule has 1 aromatic rings. The van der Waals surface area contributed by atoms with Crippen LogP contribution in [0.2, 0.25) is 0 Å². The Hall–Kier alpha value is -1.36. The first-order chi connectivity index (χ1) is 7.27. The van der Waals surface area contributed by atoms with Crippen molar-refractivity contribution >= 4 is 5.97 Å². The molecule has 0 bridgehead atoms. The van der Waals surface area contributed by atoms with E-state index in [0.717, 1.165) is 37.4 Å². The van der Waals surface area contributed by atoms with Crippen molar-refractivity contribution in [3.8, 4) is 0 Å². The Morgan fingerprint density at radius 1 is 1.53 bits per heavy atom. The maximum absolute atomic E-state index is 11.2. The predicted molar refractivity (Wildman–Crippen MR) is 52.9 cm³/mol. The molecule has 3 rings (SSSR count). The van der Waals surface area contributed by atoms with Gasteiger partial charge < -0.3 is 15.0 Å². The number of hydrogen-bond donors (Lipinski definition) is 2. The highest BCUT2D eigenvalue weighted by Crippen LogP contribution is 2.41. The van der Waals surface area contributed by atoms with Gasteiger partial charge in [0.05, 0.1) is 12.2 Å². The van der Waals surface area contributed by atoms with E-state index in [0.29, 0.717) is 18.2 Å². The molecule has 1 aliphatic carbocycles. The Balaban J connectivity index is 2.13. The van der Waals surface area contributed by atoms with E-state index in [1.165, 1.54) is 0 Å². The number of hydrogen-bond acceptors (Lipinski definition) is 3. The number of carboxylic acids is 1. The van der Waals surface area contributed by atoms with Gasteiger partial charge in [-0.1, -0.05) is 0 Å². The molecule has 80 valence electrons. The molecule has 1 saturated carbocycles. The van der Waals surface area contributed by atoms with Crippen LogP contribution in [-0.4, -0.2) is 27.2 Å². The van der Waals surface area contributed by atoms with E-state index in [1.807, 2.05) is 4.57 Å². The lowest BCUT2D eigenvalue weighted by Crippen LogP contribution is -2.29. The van der Waals surface area contributed by atoms with Gasteiger partial charge in [0, 0.05) is 19.0 Å². The van der Waals surface area contributed by atoms with E-state index < -0.39 is 5.97 Å². The molecule has 0 unspecified atom stereocenters. The maximum Gasteiger partial charge on any atom is 0.354 e. The minimum atomic E-state index is -0.836. The molecule has 0 amide bonds. The normalized spacial score (nSPS) is 20.0. The van der Waals surface area contributed by atoms with Gasteiger partial charge in [-0.2, -0.15) is 0 Å². The highest BCUT2D eigenvalue weighted by atomic mass is 16.4. The van der Waals surface area contributed by atoms with E-state index in [2.05, 4.69) is 10.3 Å². The van der Waals surface area contributed by atoms with Crippen LogP contribution in [0.25, 0.3) is 0 Å². The predicted octanol–water partition coefficient (Wildman–Crippen LogP) is 0.562. The molecule has 5 heteroatoms. The quantitative estimate of drug-likeness (QED) is 0.743. The van der Waals surface area contributed by atoms with Gasteiger partial charge in [-0.15, -0.1) is 0 Å². The molecule has 15 heavy (non-hydrogen) atoms. The first-order valence-corrected chi connectivity index (χ1v) is 5.30. The van der Waals surface area contributed by atoms with E-state index in [1.54, 1.807) is 0 Å². The summed E-state index contributed by atoms with van der Waals surface area (Å²) in [4.78, 5) is 15.7. The minimum Gasteiger partial charge on any atom is -0.477 e. The fraction of sp³-hybridized carbons (Fsp3) is 0.600. The third kappa shape index (κ3) is 1.34. The number of aromatic carboxylic acids is 1. The lowest BCUT2D eigenvalue weighted by Gasteiger charge is -2.15. The van der Waals surface area contributed by atoms with Crippen molar-refractivity contribution in [3.05, 3.63) is 17.2 Å². The molecule has 1 fully saturated rings. The van der Waals surface area contributed by atoms with Crippen LogP contribution in [0.1, 0.15) is 40.8 Å². The number of nitrogens with one attached hydrogen (secondary N) is 1. The molecule has 2 aliphatic rings. The zero-order valence-corrected chi connectivity index (χ0v) is 8.36. The fourth-order valence-corrected chi connectivity index (χ4v) is 2.15. The molecule has 0 atom stereocenters. The SMILES string of the molecule is O=C(O)c1c(C2CC2)nc2n1CCNC2. The summed E-state index contributed by atoms with van der Waals surface area (Å²) in [5.74, 6) is 0.437. The van der Waals surface area contributed by atoms with Gasteiger partial charge in [0.25, 0.3) is 0 Å². The molecule has 2 N–H and O–H groups in total. The number of carboxylic acid groups (broad SMARTS) is 1. The van der Waals surface area contributed by atoms with Crippen molar-refractivity contribution in [1.29, 1.82) is 0 Å². The summed E-state index contributed by atoms with van der Waals surface area (Å²) in [6.45, 7) is 2.23. The van der Waals surface area contributed by atoms with Crippen LogP contribution in [0, 0.1) is 0 Å². The van der Waals surface area contributed by atoms with Crippen LogP contribution in [-0.2, 0) is 13.1 Å². The number of aromatic nitrogens is 2. The summed E-state index contributed by atoms with van der Waals surface area (Å²) in [7, 11) is 0.